The molecule has 0 unspecified atom stereocenters. The van der Waals surface area contributed by atoms with Crippen LogP contribution in [0.4, 0.5) is 5.69 Å². The Balaban J connectivity index is 2.46. The number of methoxy groups -OCH3 is 1. The highest BCUT2D eigenvalue weighted by Crippen LogP contribution is 2.30. The second-order valence-corrected chi connectivity index (χ2v) is 6.27. The molecule has 108 valence electrons. The van der Waals surface area contributed by atoms with Crippen molar-refractivity contribution in [2.75, 3.05) is 11.8 Å². The smallest absolute Gasteiger partial charge is 0.265 e. The van der Waals surface area contributed by atoms with Crippen molar-refractivity contribution in [3.05, 3.63) is 34.6 Å². The molecule has 0 amide bonds. The molecule has 1 aromatic heterocycles. The van der Waals surface area contributed by atoms with Crippen LogP contribution in [0.15, 0.2) is 23.1 Å². The third-order valence-electron chi connectivity index (χ3n) is 2.74. The summed E-state index contributed by atoms with van der Waals surface area (Å²) in [6, 6.07) is 4.70. The Morgan fingerprint density at radius 3 is 2.60 bits per heavy atom. The molecule has 8 heteroatoms. The van der Waals surface area contributed by atoms with Gasteiger partial charge in [-0.15, -0.1) is 0 Å². The summed E-state index contributed by atoms with van der Waals surface area (Å²) in [5.74, 6) is 0.386. The maximum atomic E-state index is 12.4. The SMILES string of the molecule is COc1ccc(Cl)cc1NS(=O)(=O)c1c(C)n[nH]c1C. The number of anilines is 1. The highest BCUT2D eigenvalue weighted by atomic mass is 35.5. The molecule has 0 bridgehead atoms. The van der Waals surface area contributed by atoms with Gasteiger partial charge in [-0.3, -0.25) is 9.82 Å². The first kappa shape index (κ1) is 14.7. The second-order valence-electron chi connectivity index (χ2n) is 4.21. The van der Waals surface area contributed by atoms with Crippen LogP contribution >= 0.6 is 11.6 Å². The Bertz CT molecular complexity index is 721. The average Bonchev–Trinajstić information content (AvgIpc) is 2.69. The standard InChI is InChI=1S/C12H14ClN3O3S/c1-7-12(8(2)15-14-7)20(17,18)16-10-6-9(13)4-5-11(10)19-3/h4-6,16H,1-3H3,(H,14,15). The summed E-state index contributed by atoms with van der Waals surface area (Å²) in [7, 11) is -2.31. The summed E-state index contributed by atoms with van der Waals surface area (Å²) in [6.07, 6.45) is 0. The van der Waals surface area contributed by atoms with Crippen molar-refractivity contribution in [1.29, 1.82) is 0 Å². The fourth-order valence-corrected chi connectivity index (χ4v) is 3.50. The molecule has 0 fully saturated rings. The molecule has 0 spiro atoms. The monoisotopic (exact) mass is 315 g/mol. The lowest BCUT2D eigenvalue weighted by atomic mass is 10.3. The molecule has 2 rings (SSSR count). The van der Waals surface area contributed by atoms with Crippen LogP contribution in [-0.2, 0) is 10.0 Å². The van der Waals surface area contributed by atoms with E-state index in [0.29, 0.717) is 22.2 Å². The number of hydrogen-bond donors (Lipinski definition) is 2. The lowest BCUT2D eigenvalue weighted by molar-refractivity contribution is 0.417. The van der Waals surface area contributed by atoms with Gasteiger partial charge in [0, 0.05) is 5.02 Å². The summed E-state index contributed by atoms with van der Waals surface area (Å²) >= 11 is 5.88. The van der Waals surface area contributed by atoms with E-state index in [1.165, 1.54) is 13.2 Å². The van der Waals surface area contributed by atoms with E-state index in [-0.39, 0.29) is 10.6 Å². The van der Waals surface area contributed by atoms with Crippen molar-refractivity contribution in [3.63, 3.8) is 0 Å². The molecule has 6 nitrogen and oxygen atoms in total. The quantitative estimate of drug-likeness (QED) is 0.908. The van der Waals surface area contributed by atoms with Gasteiger partial charge in [-0.05, 0) is 32.0 Å². The van der Waals surface area contributed by atoms with E-state index in [2.05, 4.69) is 14.9 Å². The zero-order valence-electron chi connectivity index (χ0n) is 11.2. The lowest BCUT2D eigenvalue weighted by Gasteiger charge is -2.12. The zero-order valence-corrected chi connectivity index (χ0v) is 12.8. The number of sulfonamides is 1. The molecular weight excluding hydrogens is 302 g/mol. The van der Waals surface area contributed by atoms with Gasteiger partial charge in [-0.25, -0.2) is 8.42 Å². The Morgan fingerprint density at radius 1 is 1.35 bits per heavy atom. The minimum absolute atomic E-state index is 0.125. The van der Waals surface area contributed by atoms with E-state index < -0.39 is 10.0 Å². The molecule has 0 radical (unpaired) electrons. The van der Waals surface area contributed by atoms with E-state index in [4.69, 9.17) is 16.3 Å². The maximum absolute atomic E-state index is 12.4. The van der Waals surface area contributed by atoms with Crippen LogP contribution in [0.1, 0.15) is 11.4 Å². The van der Waals surface area contributed by atoms with Gasteiger partial charge in [0.25, 0.3) is 10.0 Å². The van der Waals surface area contributed by atoms with Gasteiger partial charge in [-0.1, -0.05) is 11.6 Å². The largest absolute Gasteiger partial charge is 0.495 e. The number of rotatable bonds is 4. The maximum Gasteiger partial charge on any atom is 0.265 e. The topological polar surface area (TPSA) is 84.1 Å². The van der Waals surface area contributed by atoms with Gasteiger partial charge in [0.05, 0.1) is 24.2 Å². The number of nitrogens with one attached hydrogen (secondary N) is 2. The first-order chi connectivity index (χ1) is 9.35. The number of ether oxygens (including phenoxy) is 1. The van der Waals surface area contributed by atoms with E-state index in [0.717, 1.165) is 0 Å². The van der Waals surface area contributed by atoms with E-state index in [1.54, 1.807) is 26.0 Å². The number of halogens is 1. The summed E-state index contributed by atoms with van der Waals surface area (Å²) in [5, 5.41) is 6.93. The molecular formula is C12H14ClN3O3S. The average molecular weight is 316 g/mol. The van der Waals surface area contributed by atoms with Crippen LogP contribution in [0.5, 0.6) is 5.75 Å². The van der Waals surface area contributed by atoms with Crippen LogP contribution in [0.25, 0.3) is 0 Å². The molecule has 0 saturated heterocycles. The predicted molar refractivity (Wildman–Crippen MR) is 76.9 cm³/mol. The summed E-state index contributed by atoms with van der Waals surface area (Å²) in [6.45, 7) is 3.26. The minimum atomic E-state index is -3.76. The van der Waals surface area contributed by atoms with Crippen molar-refractivity contribution in [3.8, 4) is 5.75 Å². The van der Waals surface area contributed by atoms with E-state index in [9.17, 15) is 8.42 Å². The zero-order chi connectivity index (χ0) is 14.9. The highest BCUT2D eigenvalue weighted by molar-refractivity contribution is 7.92. The Kier molecular flexibility index (Phi) is 3.92. The molecule has 1 aromatic carbocycles. The van der Waals surface area contributed by atoms with Gasteiger partial charge in [0.1, 0.15) is 10.6 Å². The molecule has 0 aliphatic rings. The summed E-state index contributed by atoms with van der Waals surface area (Å²) in [5.41, 5.74) is 1.15. The number of hydrogen-bond acceptors (Lipinski definition) is 4. The number of benzene rings is 1. The van der Waals surface area contributed by atoms with Crippen molar-refractivity contribution >= 4 is 27.3 Å². The fraction of sp³-hybridized carbons (Fsp3) is 0.250. The van der Waals surface area contributed by atoms with E-state index in [1.807, 2.05) is 0 Å². The highest BCUT2D eigenvalue weighted by Gasteiger charge is 2.23. The van der Waals surface area contributed by atoms with Gasteiger partial charge in [0.2, 0.25) is 0 Å². The molecule has 0 atom stereocenters. The number of H-pyrrole nitrogens is 1. The van der Waals surface area contributed by atoms with Crippen LogP contribution in [0, 0.1) is 13.8 Å². The molecule has 2 aromatic rings. The van der Waals surface area contributed by atoms with Gasteiger partial charge >= 0.3 is 0 Å². The van der Waals surface area contributed by atoms with Crippen LogP contribution in [-0.4, -0.2) is 25.7 Å². The molecule has 1 heterocycles. The fourth-order valence-electron chi connectivity index (χ4n) is 1.89. The number of aromatic nitrogens is 2. The Labute approximate surface area is 122 Å². The van der Waals surface area contributed by atoms with Crippen molar-refractivity contribution in [1.82, 2.24) is 10.2 Å². The normalized spacial score (nSPS) is 11.4. The second kappa shape index (κ2) is 5.34. The third-order valence-corrected chi connectivity index (χ3v) is 4.60. The minimum Gasteiger partial charge on any atom is -0.495 e. The molecule has 20 heavy (non-hydrogen) atoms. The summed E-state index contributed by atoms with van der Waals surface area (Å²) in [4.78, 5) is 0.125. The lowest BCUT2D eigenvalue weighted by Crippen LogP contribution is -2.15. The molecule has 0 aliphatic heterocycles. The first-order valence-corrected chi connectivity index (χ1v) is 7.59. The van der Waals surface area contributed by atoms with Crippen LogP contribution in [0.3, 0.4) is 0 Å². The van der Waals surface area contributed by atoms with Gasteiger partial charge in [0.15, 0.2) is 0 Å². The van der Waals surface area contributed by atoms with Crippen LogP contribution in [0.2, 0.25) is 5.02 Å². The first-order valence-electron chi connectivity index (χ1n) is 5.73. The van der Waals surface area contributed by atoms with Gasteiger partial charge < -0.3 is 4.74 Å². The van der Waals surface area contributed by atoms with Crippen molar-refractivity contribution in [2.24, 2.45) is 0 Å². The van der Waals surface area contributed by atoms with E-state index >= 15 is 0 Å². The molecule has 0 saturated carbocycles. The number of aryl methyl sites for hydroxylation is 2. The number of aromatic amines is 1. The molecule has 2 N–H and O–H groups in total. The van der Waals surface area contributed by atoms with Crippen molar-refractivity contribution in [2.45, 2.75) is 18.7 Å². The Morgan fingerprint density at radius 2 is 2.05 bits per heavy atom. The molecule has 0 aliphatic carbocycles. The Hall–Kier alpha value is -1.73. The predicted octanol–water partition coefficient (Wildman–Crippen LogP) is 2.49. The van der Waals surface area contributed by atoms with Gasteiger partial charge in [-0.2, -0.15) is 5.10 Å². The third kappa shape index (κ3) is 2.73. The van der Waals surface area contributed by atoms with Crippen LogP contribution < -0.4 is 9.46 Å². The van der Waals surface area contributed by atoms with Crippen molar-refractivity contribution < 1.29 is 13.2 Å². The summed E-state index contributed by atoms with van der Waals surface area (Å²) < 4.78 is 32.4. The number of nitrogens with zero attached hydrogens (tertiary/aromatic N) is 1.